The molecule has 3 amide bonds. The van der Waals surface area contributed by atoms with Gasteiger partial charge in [-0.3, -0.25) is 14.4 Å². The number of carbonyl (C=O) groups is 3. The fourth-order valence-corrected chi connectivity index (χ4v) is 3.94. The van der Waals surface area contributed by atoms with E-state index >= 15 is 0 Å². The Balaban J connectivity index is 1.42. The van der Waals surface area contributed by atoms with Crippen LogP contribution in [-0.4, -0.2) is 24.3 Å². The van der Waals surface area contributed by atoms with Gasteiger partial charge in [0.1, 0.15) is 0 Å². The second-order valence-corrected chi connectivity index (χ2v) is 8.42. The molecular formula is C27H27N3O3. The normalized spacial score (nSPS) is 16.4. The molecule has 1 aliphatic heterocycles. The first-order valence-corrected chi connectivity index (χ1v) is 11.0. The van der Waals surface area contributed by atoms with Crippen molar-refractivity contribution in [2.75, 3.05) is 16.8 Å². The molecule has 1 fully saturated rings. The molecule has 0 radical (unpaired) electrons. The van der Waals surface area contributed by atoms with Crippen LogP contribution in [-0.2, 0) is 9.59 Å². The lowest BCUT2D eigenvalue weighted by molar-refractivity contribution is -0.126. The van der Waals surface area contributed by atoms with Crippen molar-refractivity contribution in [1.29, 1.82) is 0 Å². The Morgan fingerprint density at radius 1 is 0.970 bits per heavy atom. The van der Waals surface area contributed by atoms with Crippen LogP contribution >= 0.6 is 0 Å². The van der Waals surface area contributed by atoms with Gasteiger partial charge < -0.3 is 15.5 Å². The third-order valence-corrected chi connectivity index (χ3v) is 5.88. The van der Waals surface area contributed by atoms with Gasteiger partial charge in [0.05, 0.1) is 12.0 Å². The number of hydrogen-bond acceptors (Lipinski definition) is 3. The van der Waals surface area contributed by atoms with Crippen LogP contribution in [0.2, 0.25) is 0 Å². The minimum absolute atomic E-state index is 0.126. The van der Waals surface area contributed by atoms with Crippen molar-refractivity contribution in [3.8, 4) is 0 Å². The van der Waals surface area contributed by atoms with Gasteiger partial charge in [-0.1, -0.05) is 54.1 Å². The zero-order valence-corrected chi connectivity index (χ0v) is 18.7. The zero-order chi connectivity index (χ0) is 23.4. The fraction of sp³-hybridized carbons (Fsp3) is 0.222. The number of amides is 3. The van der Waals surface area contributed by atoms with E-state index in [1.807, 2.05) is 68.4 Å². The van der Waals surface area contributed by atoms with Gasteiger partial charge in [-0.2, -0.15) is 0 Å². The van der Waals surface area contributed by atoms with E-state index in [2.05, 4.69) is 10.6 Å². The van der Waals surface area contributed by atoms with Gasteiger partial charge in [-0.25, -0.2) is 0 Å². The Hall–Kier alpha value is -3.93. The van der Waals surface area contributed by atoms with Crippen molar-refractivity contribution in [2.24, 2.45) is 5.92 Å². The maximum atomic E-state index is 12.8. The summed E-state index contributed by atoms with van der Waals surface area (Å²) in [6.07, 6.45) is 0.146. The zero-order valence-electron chi connectivity index (χ0n) is 18.7. The molecule has 3 aromatic rings. The topological polar surface area (TPSA) is 78.5 Å². The number of hydrogen-bond donors (Lipinski definition) is 2. The highest BCUT2D eigenvalue weighted by Crippen LogP contribution is 2.27. The minimum atomic E-state index is -0.436. The highest BCUT2D eigenvalue weighted by atomic mass is 16.2. The Morgan fingerprint density at radius 3 is 2.42 bits per heavy atom. The first kappa shape index (κ1) is 22.3. The monoisotopic (exact) mass is 441 g/mol. The molecule has 2 N–H and O–H groups in total. The van der Waals surface area contributed by atoms with Crippen LogP contribution in [0, 0.1) is 12.8 Å². The van der Waals surface area contributed by atoms with Gasteiger partial charge in [-0.15, -0.1) is 0 Å². The molecule has 6 nitrogen and oxygen atoms in total. The molecule has 3 aromatic carbocycles. The lowest BCUT2D eigenvalue weighted by Crippen LogP contribution is -2.34. The van der Waals surface area contributed by atoms with Gasteiger partial charge in [0.25, 0.3) is 5.91 Å². The molecule has 2 atom stereocenters. The van der Waals surface area contributed by atoms with Crippen molar-refractivity contribution >= 4 is 29.1 Å². The molecule has 6 heteroatoms. The SMILES string of the molecule is Cc1ccc(NC(=O)c2cccc(N3CC(C(=O)NC(C)c4ccccc4)CC3=O)c2)cc1. The molecule has 1 aliphatic rings. The first-order chi connectivity index (χ1) is 15.9. The van der Waals surface area contributed by atoms with Gasteiger partial charge in [0.15, 0.2) is 0 Å². The Morgan fingerprint density at radius 2 is 1.70 bits per heavy atom. The summed E-state index contributed by atoms with van der Waals surface area (Å²) in [5.41, 5.74) is 3.89. The predicted octanol–water partition coefficient (Wildman–Crippen LogP) is 4.48. The predicted molar refractivity (Wildman–Crippen MR) is 129 cm³/mol. The van der Waals surface area contributed by atoms with E-state index in [1.54, 1.807) is 29.2 Å². The van der Waals surface area contributed by atoms with Crippen molar-refractivity contribution in [3.05, 3.63) is 95.6 Å². The van der Waals surface area contributed by atoms with Crippen molar-refractivity contribution < 1.29 is 14.4 Å². The molecule has 2 unspecified atom stereocenters. The van der Waals surface area contributed by atoms with E-state index in [4.69, 9.17) is 0 Å². The van der Waals surface area contributed by atoms with E-state index in [-0.39, 0.29) is 36.7 Å². The van der Waals surface area contributed by atoms with Crippen LogP contribution in [0.3, 0.4) is 0 Å². The minimum Gasteiger partial charge on any atom is -0.349 e. The summed E-state index contributed by atoms with van der Waals surface area (Å²) in [5, 5.41) is 5.88. The summed E-state index contributed by atoms with van der Waals surface area (Å²) in [7, 11) is 0. The van der Waals surface area contributed by atoms with E-state index < -0.39 is 5.92 Å². The lowest BCUT2D eigenvalue weighted by Gasteiger charge is -2.19. The number of carbonyl (C=O) groups excluding carboxylic acids is 3. The van der Waals surface area contributed by atoms with Gasteiger partial charge in [-0.05, 0) is 49.7 Å². The Bertz CT molecular complexity index is 1160. The molecule has 1 heterocycles. The second-order valence-electron chi connectivity index (χ2n) is 8.42. The number of aryl methyl sites for hydroxylation is 1. The van der Waals surface area contributed by atoms with Gasteiger partial charge >= 0.3 is 0 Å². The maximum Gasteiger partial charge on any atom is 0.255 e. The van der Waals surface area contributed by atoms with Crippen LogP contribution in [0.1, 0.15) is 40.9 Å². The lowest BCUT2D eigenvalue weighted by atomic mass is 10.1. The number of rotatable bonds is 6. The molecule has 0 aromatic heterocycles. The van der Waals surface area contributed by atoms with Crippen LogP contribution < -0.4 is 15.5 Å². The van der Waals surface area contributed by atoms with Crippen molar-refractivity contribution in [2.45, 2.75) is 26.3 Å². The summed E-state index contributed by atoms with van der Waals surface area (Å²) in [6.45, 7) is 4.20. The first-order valence-electron chi connectivity index (χ1n) is 11.0. The van der Waals surface area contributed by atoms with Gasteiger partial charge in [0, 0.05) is 29.9 Å². The van der Waals surface area contributed by atoms with Crippen molar-refractivity contribution in [1.82, 2.24) is 5.32 Å². The summed E-state index contributed by atoms with van der Waals surface area (Å²) < 4.78 is 0. The Labute approximate surface area is 193 Å². The maximum absolute atomic E-state index is 12.8. The van der Waals surface area contributed by atoms with Crippen LogP contribution in [0.15, 0.2) is 78.9 Å². The number of nitrogens with one attached hydrogen (secondary N) is 2. The molecule has 0 bridgehead atoms. The standard InChI is InChI=1S/C27H27N3O3/c1-18-11-13-23(14-12-18)29-26(32)21-9-6-10-24(15-21)30-17-22(16-25(30)31)27(33)28-19(2)20-7-4-3-5-8-20/h3-15,19,22H,16-17H2,1-2H3,(H,28,33)(H,29,32). The van der Waals surface area contributed by atoms with Crippen LogP contribution in [0.4, 0.5) is 11.4 Å². The van der Waals surface area contributed by atoms with E-state index in [1.165, 1.54) is 0 Å². The largest absolute Gasteiger partial charge is 0.349 e. The molecule has 0 saturated carbocycles. The average Bonchev–Trinajstić information content (AvgIpc) is 3.23. The summed E-state index contributed by atoms with van der Waals surface area (Å²) in [5.74, 6) is -0.957. The van der Waals surface area contributed by atoms with E-state index in [0.717, 1.165) is 11.1 Å². The van der Waals surface area contributed by atoms with E-state index in [9.17, 15) is 14.4 Å². The molecule has 1 saturated heterocycles. The highest BCUT2D eigenvalue weighted by molar-refractivity contribution is 6.06. The molecule has 4 rings (SSSR count). The Kier molecular flexibility index (Phi) is 6.54. The summed E-state index contributed by atoms with van der Waals surface area (Å²) >= 11 is 0. The summed E-state index contributed by atoms with van der Waals surface area (Å²) in [6, 6.07) is 24.1. The number of benzene rings is 3. The fourth-order valence-electron chi connectivity index (χ4n) is 3.94. The van der Waals surface area contributed by atoms with Crippen molar-refractivity contribution in [3.63, 3.8) is 0 Å². The molecule has 33 heavy (non-hydrogen) atoms. The van der Waals surface area contributed by atoms with E-state index in [0.29, 0.717) is 16.9 Å². The molecular weight excluding hydrogens is 414 g/mol. The quantitative estimate of drug-likeness (QED) is 0.592. The second kappa shape index (κ2) is 9.69. The third-order valence-electron chi connectivity index (χ3n) is 5.88. The average molecular weight is 442 g/mol. The van der Waals surface area contributed by atoms with Gasteiger partial charge in [0.2, 0.25) is 11.8 Å². The number of anilines is 2. The summed E-state index contributed by atoms with van der Waals surface area (Å²) in [4.78, 5) is 39.8. The number of nitrogens with zero attached hydrogens (tertiary/aromatic N) is 1. The van der Waals surface area contributed by atoms with Crippen LogP contribution in [0.25, 0.3) is 0 Å². The molecule has 0 aliphatic carbocycles. The smallest absolute Gasteiger partial charge is 0.255 e. The third kappa shape index (κ3) is 5.29. The molecule has 168 valence electrons. The van der Waals surface area contributed by atoms with Crippen LogP contribution in [0.5, 0.6) is 0 Å². The highest BCUT2D eigenvalue weighted by Gasteiger charge is 2.35. The molecule has 0 spiro atoms.